The zero-order chi connectivity index (χ0) is 20.0. The molecular weight excluding hydrogens is 374 g/mol. The second-order valence-corrected chi connectivity index (χ2v) is 7.70. The Balaban J connectivity index is 1.44. The summed E-state index contributed by atoms with van der Waals surface area (Å²) in [4.78, 5) is 13.3. The molecule has 2 fully saturated rings. The largest absolute Gasteiger partial charge is 0.394 e. The number of ether oxygens (including phenoxy) is 3. The van der Waals surface area contributed by atoms with E-state index in [2.05, 4.69) is 20.3 Å². The highest BCUT2D eigenvalue weighted by atomic mass is 16.8. The summed E-state index contributed by atoms with van der Waals surface area (Å²) in [6.07, 6.45) is 1.48. The number of aliphatic hydroxyl groups is 1. The molecule has 152 valence electrons. The van der Waals surface area contributed by atoms with Gasteiger partial charge < -0.3 is 24.6 Å². The summed E-state index contributed by atoms with van der Waals surface area (Å²) in [7, 11) is 0. The van der Waals surface area contributed by atoms with E-state index in [1.54, 1.807) is 6.33 Å². The van der Waals surface area contributed by atoms with Crippen molar-refractivity contribution in [1.82, 2.24) is 19.5 Å². The number of hydrogen-bond acceptors (Lipinski definition) is 8. The van der Waals surface area contributed by atoms with E-state index in [1.165, 1.54) is 6.33 Å². The van der Waals surface area contributed by atoms with Crippen LogP contribution in [-0.2, 0) is 20.8 Å². The summed E-state index contributed by atoms with van der Waals surface area (Å²) in [5, 5.41) is 13.0. The Bertz CT molecular complexity index is 1010. The number of benzene rings is 1. The lowest BCUT2D eigenvalue weighted by Gasteiger charge is -2.24. The lowest BCUT2D eigenvalue weighted by Crippen LogP contribution is -2.31. The predicted octanol–water partition coefficient (Wildman–Crippen LogP) is 1.85. The molecule has 2 saturated heterocycles. The Morgan fingerprint density at radius 2 is 1.90 bits per heavy atom. The number of fused-ring (bicyclic) bond motifs is 2. The lowest BCUT2D eigenvalue weighted by atomic mass is 10.1. The minimum absolute atomic E-state index is 0.150. The number of anilines is 1. The summed E-state index contributed by atoms with van der Waals surface area (Å²) < 4.78 is 19.9. The molecule has 0 radical (unpaired) electrons. The Labute approximate surface area is 167 Å². The van der Waals surface area contributed by atoms with Crippen molar-refractivity contribution in [2.24, 2.45) is 0 Å². The average Bonchev–Trinajstić information content (AvgIpc) is 3.37. The highest BCUT2D eigenvalue weighted by Gasteiger charge is 2.55. The van der Waals surface area contributed by atoms with Gasteiger partial charge in [-0.2, -0.15) is 0 Å². The number of aromatic nitrogens is 4. The van der Waals surface area contributed by atoms with Gasteiger partial charge in [-0.15, -0.1) is 0 Å². The standard InChI is InChI=1S/C20H23N5O4/c1-20(2)28-15-13(9-26)27-19(16(15)29-20)25-11-24-14-17(22-10-23-18(14)25)21-8-12-6-4-3-5-7-12/h3-7,10-11,13,15-16,19,26H,8-9H2,1-2H3,(H,21,22,23)/t13-,15+,16?,19-/m1/s1. The van der Waals surface area contributed by atoms with Crippen molar-refractivity contribution >= 4 is 17.0 Å². The number of nitrogens with zero attached hydrogens (tertiary/aromatic N) is 4. The van der Waals surface area contributed by atoms with Crippen LogP contribution >= 0.6 is 0 Å². The Hall–Kier alpha value is -2.59. The van der Waals surface area contributed by atoms with Gasteiger partial charge >= 0.3 is 0 Å². The molecule has 2 aliphatic heterocycles. The van der Waals surface area contributed by atoms with Crippen LogP contribution in [0.1, 0.15) is 25.6 Å². The van der Waals surface area contributed by atoms with Crippen LogP contribution in [0.3, 0.4) is 0 Å². The van der Waals surface area contributed by atoms with Gasteiger partial charge in [0.05, 0.1) is 12.9 Å². The summed E-state index contributed by atoms with van der Waals surface area (Å²) >= 11 is 0. The molecule has 4 heterocycles. The van der Waals surface area contributed by atoms with Crippen LogP contribution < -0.4 is 5.32 Å². The fourth-order valence-corrected chi connectivity index (χ4v) is 3.98. The highest BCUT2D eigenvalue weighted by molar-refractivity contribution is 5.82. The molecule has 9 nitrogen and oxygen atoms in total. The van der Waals surface area contributed by atoms with E-state index < -0.39 is 18.1 Å². The molecule has 5 rings (SSSR count). The van der Waals surface area contributed by atoms with Crippen LogP contribution in [0.25, 0.3) is 11.2 Å². The van der Waals surface area contributed by atoms with E-state index >= 15 is 0 Å². The van der Waals surface area contributed by atoms with E-state index in [1.807, 2.05) is 48.7 Å². The molecule has 29 heavy (non-hydrogen) atoms. The molecule has 0 bridgehead atoms. The molecular formula is C20H23N5O4. The van der Waals surface area contributed by atoms with Crippen molar-refractivity contribution < 1.29 is 19.3 Å². The van der Waals surface area contributed by atoms with Crippen molar-refractivity contribution in [2.75, 3.05) is 11.9 Å². The maximum absolute atomic E-state index is 9.71. The molecule has 0 aliphatic carbocycles. The summed E-state index contributed by atoms with van der Waals surface area (Å²) in [6, 6.07) is 10.1. The first-order valence-electron chi connectivity index (χ1n) is 9.63. The molecule has 2 aromatic heterocycles. The number of hydrogen-bond donors (Lipinski definition) is 2. The maximum atomic E-state index is 9.71. The van der Waals surface area contributed by atoms with Crippen LogP contribution in [0.2, 0.25) is 0 Å². The van der Waals surface area contributed by atoms with Crippen LogP contribution in [-0.4, -0.2) is 55.3 Å². The zero-order valence-electron chi connectivity index (χ0n) is 16.2. The number of aliphatic hydroxyl groups excluding tert-OH is 1. The molecule has 0 saturated carbocycles. The van der Waals surface area contributed by atoms with Gasteiger partial charge in [0.2, 0.25) is 0 Å². The van der Waals surface area contributed by atoms with Crippen LogP contribution in [0.15, 0.2) is 43.0 Å². The zero-order valence-corrected chi connectivity index (χ0v) is 16.2. The van der Waals surface area contributed by atoms with E-state index in [0.29, 0.717) is 23.5 Å². The smallest absolute Gasteiger partial charge is 0.167 e. The fraction of sp³-hybridized carbons (Fsp3) is 0.450. The first-order chi connectivity index (χ1) is 14.1. The van der Waals surface area contributed by atoms with Crippen LogP contribution in [0.5, 0.6) is 0 Å². The molecule has 1 unspecified atom stereocenters. The minimum Gasteiger partial charge on any atom is -0.394 e. The normalized spacial score (nSPS) is 28.0. The van der Waals surface area contributed by atoms with E-state index in [-0.39, 0.29) is 18.8 Å². The maximum Gasteiger partial charge on any atom is 0.167 e. The van der Waals surface area contributed by atoms with E-state index in [9.17, 15) is 5.11 Å². The third-order valence-corrected chi connectivity index (χ3v) is 5.24. The average molecular weight is 397 g/mol. The monoisotopic (exact) mass is 397 g/mol. The van der Waals surface area contributed by atoms with E-state index in [0.717, 1.165) is 5.56 Å². The van der Waals surface area contributed by atoms with Gasteiger partial charge in [0.15, 0.2) is 29.0 Å². The summed E-state index contributed by atoms with van der Waals surface area (Å²) in [5.74, 6) is -0.0896. The quantitative estimate of drug-likeness (QED) is 0.672. The van der Waals surface area contributed by atoms with Crippen molar-refractivity contribution in [2.45, 2.75) is 50.7 Å². The molecule has 2 N–H and O–H groups in total. The van der Waals surface area contributed by atoms with Gasteiger partial charge in [0.25, 0.3) is 0 Å². The molecule has 0 spiro atoms. The SMILES string of the molecule is CC1(C)OC2[C@@H](O1)[C@@H](CO)O[C@H]2n1cnc2c(NCc3ccccc3)ncnc21. The molecule has 1 aromatic carbocycles. The van der Waals surface area contributed by atoms with Gasteiger partial charge in [-0.1, -0.05) is 30.3 Å². The number of nitrogens with one attached hydrogen (secondary N) is 1. The molecule has 9 heteroatoms. The first kappa shape index (κ1) is 18.4. The van der Waals surface area contributed by atoms with Crippen molar-refractivity contribution in [3.8, 4) is 0 Å². The van der Waals surface area contributed by atoms with Gasteiger partial charge in [-0.3, -0.25) is 4.57 Å². The highest BCUT2D eigenvalue weighted by Crippen LogP contribution is 2.43. The van der Waals surface area contributed by atoms with Gasteiger partial charge in [-0.05, 0) is 19.4 Å². The summed E-state index contributed by atoms with van der Waals surface area (Å²) in [5.41, 5.74) is 2.42. The van der Waals surface area contributed by atoms with Crippen molar-refractivity contribution in [3.63, 3.8) is 0 Å². The second kappa shape index (κ2) is 7.03. The van der Waals surface area contributed by atoms with Crippen LogP contribution in [0.4, 0.5) is 5.82 Å². The van der Waals surface area contributed by atoms with Crippen molar-refractivity contribution in [1.29, 1.82) is 0 Å². The molecule has 2 aliphatic rings. The molecule has 4 atom stereocenters. The van der Waals surface area contributed by atoms with Gasteiger partial charge in [0.1, 0.15) is 24.6 Å². The first-order valence-corrected chi connectivity index (χ1v) is 9.63. The second-order valence-electron chi connectivity index (χ2n) is 7.70. The lowest BCUT2D eigenvalue weighted by molar-refractivity contribution is -0.199. The molecule has 0 amide bonds. The van der Waals surface area contributed by atoms with Crippen molar-refractivity contribution in [3.05, 3.63) is 48.5 Å². The summed E-state index contributed by atoms with van der Waals surface area (Å²) in [6.45, 7) is 4.19. The third kappa shape index (κ3) is 3.25. The van der Waals surface area contributed by atoms with Gasteiger partial charge in [0, 0.05) is 6.54 Å². The minimum atomic E-state index is -0.738. The number of imidazole rings is 1. The third-order valence-electron chi connectivity index (χ3n) is 5.24. The predicted molar refractivity (Wildman–Crippen MR) is 104 cm³/mol. The Morgan fingerprint density at radius 1 is 1.10 bits per heavy atom. The fourth-order valence-electron chi connectivity index (χ4n) is 3.98. The topological polar surface area (TPSA) is 104 Å². The number of rotatable bonds is 5. The van der Waals surface area contributed by atoms with Gasteiger partial charge in [-0.25, -0.2) is 15.0 Å². The van der Waals surface area contributed by atoms with E-state index in [4.69, 9.17) is 14.2 Å². The molecule has 3 aromatic rings. The van der Waals surface area contributed by atoms with Crippen LogP contribution in [0, 0.1) is 0 Å². The Kier molecular flexibility index (Phi) is 4.47. The Morgan fingerprint density at radius 3 is 2.69 bits per heavy atom.